The molecule has 1 saturated heterocycles. The summed E-state index contributed by atoms with van der Waals surface area (Å²) in [5.41, 5.74) is 0.0471. The second kappa shape index (κ2) is 9.70. The molecular formula is C22H34FN3O2. The van der Waals surface area contributed by atoms with E-state index in [0.717, 1.165) is 45.6 Å². The standard InChI is InChI=1S/C22H34FN3O2/c1-3-25-13-15-26(16-14-25)22(11-7-4-8-12-22)17-24-21(27)18(2)28-20-10-6-5-9-19(20)23/h5-6,9-10,18H,3-4,7-8,11-17H2,1-2H3,(H,24,27)/t18-/m0/s1. The third-order valence-electron chi connectivity index (χ3n) is 6.38. The number of amides is 1. The summed E-state index contributed by atoms with van der Waals surface area (Å²) in [5, 5.41) is 3.11. The normalized spacial score (nSPS) is 21.8. The number of carbonyl (C=O) groups excluding carboxylic acids is 1. The number of nitrogens with one attached hydrogen (secondary N) is 1. The third kappa shape index (κ3) is 5.03. The van der Waals surface area contributed by atoms with Gasteiger partial charge >= 0.3 is 0 Å². The van der Waals surface area contributed by atoms with Gasteiger partial charge in [0.05, 0.1) is 0 Å². The highest BCUT2D eigenvalue weighted by atomic mass is 19.1. The van der Waals surface area contributed by atoms with E-state index in [2.05, 4.69) is 22.0 Å². The number of carbonyl (C=O) groups is 1. The summed E-state index contributed by atoms with van der Waals surface area (Å²) in [6, 6.07) is 6.20. The Balaban J connectivity index is 1.58. The van der Waals surface area contributed by atoms with Gasteiger partial charge in [0.15, 0.2) is 17.7 Å². The minimum absolute atomic E-state index is 0.0471. The van der Waals surface area contributed by atoms with E-state index < -0.39 is 11.9 Å². The molecule has 2 fully saturated rings. The van der Waals surface area contributed by atoms with E-state index >= 15 is 0 Å². The molecule has 2 aliphatic rings. The molecule has 1 aliphatic heterocycles. The van der Waals surface area contributed by atoms with Gasteiger partial charge in [0.2, 0.25) is 0 Å². The van der Waals surface area contributed by atoms with E-state index in [-0.39, 0.29) is 17.2 Å². The Morgan fingerprint density at radius 3 is 2.50 bits per heavy atom. The quantitative estimate of drug-likeness (QED) is 0.776. The number of piperazine rings is 1. The van der Waals surface area contributed by atoms with E-state index in [1.807, 2.05) is 0 Å². The van der Waals surface area contributed by atoms with Crippen molar-refractivity contribution in [3.8, 4) is 5.75 Å². The predicted octanol–water partition coefficient (Wildman–Crippen LogP) is 3.05. The lowest BCUT2D eigenvalue weighted by Crippen LogP contribution is -2.62. The summed E-state index contributed by atoms with van der Waals surface area (Å²) in [7, 11) is 0. The Hall–Kier alpha value is -1.66. The largest absolute Gasteiger partial charge is 0.478 e. The molecule has 0 radical (unpaired) electrons. The van der Waals surface area contributed by atoms with Gasteiger partial charge in [-0.05, 0) is 38.4 Å². The fraction of sp³-hybridized carbons (Fsp3) is 0.682. The number of benzene rings is 1. The van der Waals surface area contributed by atoms with Crippen molar-refractivity contribution in [1.29, 1.82) is 0 Å². The van der Waals surface area contributed by atoms with Gasteiger partial charge in [0, 0.05) is 38.3 Å². The summed E-state index contributed by atoms with van der Waals surface area (Å²) in [4.78, 5) is 17.7. The number of rotatable bonds is 7. The number of ether oxygens (including phenoxy) is 1. The molecule has 1 amide bonds. The summed E-state index contributed by atoms with van der Waals surface area (Å²) < 4.78 is 19.3. The number of hydrogen-bond acceptors (Lipinski definition) is 4. The minimum Gasteiger partial charge on any atom is -0.478 e. The van der Waals surface area contributed by atoms with E-state index in [4.69, 9.17) is 4.74 Å². The van der Waals surface area contributed by atoms with Crippen molar-refractivity contribution in [2.75, 3.05) is 39.3 Å². The lowest BCUT2D eigenvalue weighted by molar-refractivity contribution is -0.128. The Morgan fingerprint density at radius 2 is 1.86 bits per heavy atom. The molecule has 0 unspecified atom stereocenters. The van der Waals surface area contributed by atoms with Crippen LogP contribution in [0.3, 0.4) is 0 Å². The first-order valence-electron chi connectivity index (χ1n) is 10.7. The fourth-order valence-corrected chi connectivity index (χ4v) is 4.53. The van der Waals surface area contributed by atoms with Gasteiger partial charge in [-0.1, -0.05) is 38.3 Å². The van der Waals surface area contributed by atoms with E-state index in [0.29, 0.717) is 6.54 Å². The number of likely N-dealkylation sites (N-methyl/N-ethyl adjacent to an activating group) is 1. The van der Waals surface area contributed by atoms with Crippen LogP contribution in [-0.2, 0) is 4.79 Å². The molecule has 6 heteroatoms. The Kier molecular flexibility index (Phi) is 7.30. The molecule has 156 valence electrons. The van der Waals surface area contributed by atoms with Gasteiger partial charge in [-0.25, -0.2) is 4.39 Å². The van der Waals surface area contributed by atoms with Crippen LogP contribution in [0, 0.1) is 5.82 Å². The first kappa shape index (κ1) is 21.1. The monoisotopic (exact) mass is 391 g/mol. The summed E-state index contributed by atoms with van der Waals surface area (Å²) in [6.45, 7) is 9.94. The van der Waals surface area contributed by atoms with Crippen molar-refractivity contribution in [2.24, 2.45) is 0 Å². The maximum Gasteiger partial charge on any atom is 0.260 e. The Morgan fingerprint density at radius 1 is 1.18 bits per heavy atom. The van der Waals surface area contributed by atoms with Gasteiger partial charge in [-0.15, -0.1) is 0 Å². The molecule has 28 heavy (non-hydrogen) atoms. The average molecular weight is 392 g/mol. The fourth-order valence-electron chi connectivity index (χ4n) is 4.53. The minimum atomic E-state index is -0.727. The van der Waals surface area contributed by atoms with Gasteiger partial charge in [-0.3, -0.25) is 9.69 Å². The highest BCUT2D eigenvalue weighted by Crippen LogP contribution is 2.34. The second-order valence-corrected chi connectivity index (χ2v) is 8.11. The Labute approximate surface area is 168 Å². The van der Waals surface area contributed by atoms with Crippen molar-refractivity contribution in [1.82, 2.24) is 15.1 Å². The van der Waals surface area contributed by atoms with Crippen molar-refractivity contribution < 1.29 is 13.9 Å². The molecule has 0 bridgehead atoms. The molecule has 5 nitrogen and oxygen atoms in total. The lowest BCUT2D eigenvalue weighted by atomic mass is 9.79. The van der Waals surface area contributed by atoms with Gasteiger partial charge in [0.25, 0.3) is 5.91 Å². The Bertz CT molecular complexity index is 640. The summed E-state index contributed by atoms with van der Waals surface area (Å²) in [5.74, 6) is -0.506. The zero-order chi connectivity index (χ0) is 20.0. The molecule has 3 rings (SSSR count). The number of para-hydroxylation sites is 1. The van der Waals surface area contributed by atoms with Crippen molar-refractivity contribution >= 4 is 5.91 Å². The molecular weight excluding hydrogens is 357 g/mol. The topological polar surface area (TPSA) is 44.8 Å². The molecule has 1 aromatic rings. The van der Waals surface area contributed by atoms with Gasteiger partial charge in [-0.2, -0.15) is 0 Å². The second-order valence-electron chi connectivity index (χ2n) is 8.11. The first-order chi connectivity index (χ1) is 13.5. The number of halogens is 1. The van der Waals surface area contributed by atoms with E-state index in [1.54, 1.807) is 25.1 Å². The van der Waals surface area contributed by atoms with Crippen LogP contribution in [-0.4, -0.2) is 66.6 Å². The maximum absolute atomic E-state index is 13.8. The van der Waals surface area contributed by atoms with Crippen LogP contribution in [0.1, 0.15) is 46.0 Å². The van der Waals surface area contributed by atoms with E-state index in [9.17, 15) is 9.18 Å². The SMILES string of the molecule is CCN1CCN(C2(CNC(=O)[C@H](C)Oc3ccccc3F)CCCCC2)CC1. The van der Waals surface area contributed by atoms with E-state index in [1.165, 1.54) is 25.3 Å². The van der Waals surface area contributed by atoms with Gasteiger partial charge in [0.1, 0.15) is 0 Å². The molecule has 1 atom stereocenters. The molecule has 0 spiro atoms. The molecule has 1 aliphatic carbocycles. The third-order valence-corrected chi connectivity index (χ3v) is 6.38. The smallest absolute Gasteiger partial charge is 0.260 e. The summed E-state index contributed by atoms with van der Waals surface area (Å²) in [6.07, 6.45) is 5.23. The summed E-state index contributed by atoms with van der Waals surface area (Å²) >= 11 is 0. The number of nitrogens with zero attached hydrogens (tertiary/aromatic N) is 2. The van der Waals surface area contributed by atoms with Crippen LogP contribution in [0.2, 0.25) is 0 Å². The predicted molar refractivity (Wildman–Crippen MR) is 109 cm³/mol. The van der Waals surface area contributed by atoms with Gasteiger partial charge < -0.3 is 15.0 Å². The average Bonchev–Trinajstić information content (AvgIpc) is 2.74. The molecule has 1 N–H and O–H groups in total. The van der Waals surface area contributed by atoms with Crippen LogP contribution in [0.15, 0.2) is 24.3 Å². The maximum atomic E-state index is 13.8. The first-order valence-corrected chi connectivity index (χ1v) is 10.7. The lowest BCUT2D eigenvalue weighted by Gasteiger charge is -2.50. The van der Waals surface area contributed by atoms with Crippen molar-refractivity contribution in [3.05, 3.63) is 30.1 Å². The zero-order valence-corrected chi connectivity index (χ0v) is 17.3. The zero-order valence-electron chi connectivity index (χ0n) is 17.3. The molecule has 1 saturated carbocycles. The molecule has 1 aromatic carbocycles. The highest BCUT2D eigenvalue weighted by molar-refractivity contribution is 5.80. The van der Waals surface area contributed by atoms with Crippen LogP contribution in [0.25, 0.3) is 0 Å². The van der Waals surface area contributed by atoms with Crippen LogP contribution in [0.4, 0.5) is 4.39 Å². The van der Waals surface area contributed by atoms with Crippen LogP contribution >= 0.6 is 0 Å². The molecule has 1 heterocycles. The van der Waals surface area contributed by atoms with Crippen LogP contribution < -0.4 is 10.1 Å². The van der Waals surface area contributed by atoms with Crippen LogP contribution in [0.5, 0.6) is 5.75 Å². The highest BCUT2D eigenvalue weighted by Gasteiger charge is 2.39. The van der Waals surface area contributed by atoms with Crippen molar-refractivity contribution in [3.63, 3.8) is 0 Å². The number of hydrogen-bond donors (Lipinski definition) is 1. The van der Waals surface area contributed by atoms with Crippen molar-refractivity contribution in [2.45, 2.75) is 57.6 Å². The molecule has 0 aromatic heterocycles.